The number of likely N-dealkylation sites (tertiary alicyclic amines) is 1. The molecule has 0 bridgehead atoms. The summed E-state index contributed by atoms with van der Waals surface area (Å²) in [6, 6.07) is 5.26. The zero-order valence-corrected chi connectivity index (χ0v) is 18.8. The van der Waals surface area contributed by atoms with Gasteiger partial charge in [-0.2, -0.15) is 0 Å². The number of imidazole rings is 1. The van der Waals surface area contributed by atoms with E-state index in [1.54, 1.807) is 4.57 Å². The molecule has 1 atom stereocenters. The van der Waals surface area contributed by atoms with E-state index in [0.29, 0.717) is 44.6 Å². The third kappa shape index (κ3) is 6.53. The van der Waals surface area contributed by atoms with E-state index in [9.17, 15) is 28.1 Å². The number of hydrogen-bond donors (Lipinski definition) is 1. The number of carbonyl (C=O) groups is 1. The lowest BCUT2D eigenvalue weighted by atomic mass is 10.0. The number of ether oxygens (including phenoxy) is 3. The molecule has 14 heteroatoms. The van der Waals surface area contributed by atoms with Crippen molar-refractivity contribution in [2.75, 3.05) is 19.6 Å². The number of nitro groups is 1. The van der Waals surface area contributed by atoms with Crippen LogP contribution in [-0.4, -0.2) is 63.1 Å². The number of halogens is 3. The number of benzene rings is 1. The van der Waals surface area contributed by atoms with Gasteiger partial charge < -0.3 is 29.6 Å². The maximum atomic E-state index is 12.2. The minimum Gasteiger partial charge on any atom is -0.445 e. The summed E-state index contributed by atoms with van der Waals surface area (Å²) in [5.74, 6) is -0.589. The Kier molecular flexibility index (Phi) is 6.74. The van der Waals surface area contributed by atoms with Crippen molar-refractivity contribution < 1.29 is 37.1 Å². The van der Waals surface area contributed by atoms with Crippen LogP contribution in [-0.2, 0) is 17.9 Å². The lowest BCUT2D eigenvalue weighted by Crippen LogP contribution is -2.50. The van der Waals surface area contributed by atoms with Crippen molar-refractivity contribution in [1.29, 1.82) is 0 Å². The van der Waals surface area contributed by atoms with Crippen LogP contribution < -0.4 is 14.8 Å². The number of alkyl carbamates (subject to hydrolysis) is 1. The van der Waals surface area contributed by atoms with Gasteiger partial charge in [0.2, 0.25) is 0 Å². The molecule has 2 aliphatic heterocycles. The Balaban J connectivity index is 1.16. The van der Waals surface area contributed by atoms with Gasteiger partial charge in [-0.15, -0.1) is 13.2 Å². The fourth-order valence-corrected chi connectivity index (χ4v) is 4.22. The molecule has 1 aromatic heterocycles. The number of fused-ring (bicyclic) bond motifs is 1. The summed E-state index contributed by atoms with van der Waals surface area (Å²) in [5.41, 5.74) is -0.0308. The van der Waals surface area contributed by atoms with E-state index in [2.05, 4.69) is 19.9 Å². The van der Waals surface area contributed by atoms with Gasteiger partial charge in [0, 0.05) is 30.7 Å². The highest BCUT2D eigenvalue weighted by Crippen LogP contribution is 2.32. The second kappa shape index (κ2) is 9.60. The molecule has 1 fully saturated rings. The van der Waals surface area contributed by atoms with Crippen LogP contribution in [0.3, 0.4) is 0 Å². The van der Waals surface area contributed by atoms with Gasteiger partial charge in [-0.3, -0.25) is 9.47 Å². The summed E-state index contributed by atoms with van der Waals surface area (Å²) in [6.07, 6.45) is -2.60. The summed E-state index contributed by atoms with van der Waals surface area (Å²) in [5, 5.41) is 13.7. The largest absolute Gasteiger partial charge is 0.573 e. The first-order valence-electron chi connectivity index (χ1n) is 10.9. The van der Waals surface area contributed by atoms with Crippen molar-refractivity contribution in [3.63, 3.8) is 0 Å². The topological polar surface area (TPSA) is 121 Å². The molecule has 11 nitrogen and oxygen atoms in total. The Morgan fingerprint density at radius 1 is 1.31 bits per heavy atom. The molecule has 1 aromatic carbocycles. The monoisotopic (exact) mass is 499 g/mol. The summed E-state index contributed by atoms with van der Waals surface area (Å²) in [7, 11) is 0. The Hall–Kier alpha value is -3.55. The molecule has 1 N–H and O–H groups in total. The van der Waals surface area contributed by atoms with E-state index in [0.717, 1.165) is 12.1 Å². The van der Waals surface area contributed by atoms with Crippen LogP contribution in [0.25, 0.3) is 0 Å². The standard InChI is InChI=1S/C21H24F3N5O6/c1-20(13-28-10-17(29(31)32)26-18(28)35-20)12-27-8-6-15(7-9-27)25-19(30)33-11-14-2-4-16(5-3-14)34-21(22,23)24/h2-5,10,15H,6-9,11-13H2,1H3,(H,25,30). The van der Waals surface area contributed by atoms with Crippen LogP contribution in [0.2, 0.25) is 0 Å². The van der Waals surface area contributed by atoms with Gasteiger partial charge in [-0.1, -0.05) is 12.1 Å². The molecular formula is C21H24F3N5O6. The lowest BCUT2D eigenvalue weighted by Gasteiger charge is -2.36. The quantitative estimate of drug-likeness (QED) is 0.455. The molecule has 3 heterocycles. The molecule has 2 aliphatic rings. The molecule has 190 valence electrons. The molecule has 0 radical (unpaired) electrons. The summed E-state index contributed by atoms with van der Waals surface area (Å²) in [6.45, 7) is 4.34. The number of aromatic nitrogens is 2. The first kappa shape index (κ1) is 24.6. The normalized spacial score (nSPS) is 20.7. The number of hydrogen-bond acceptors (Lipinski definition) is 8. The average molecular weight is 499 g/mol. The molecule has 1 amide bonds. The Bertz CT molecular complexity index is 1040. The Morgan fingerprint density at radius 2 is 2.00 bits per heavy atom. The van der Waals surface area contributed by atoms with E-state index in [4.69, 9.17) is 9.47 Å². The zero-order valence-electron chi connectivity index (χ0n) is 18.8. The molecule has 35 heavy (non-hydrogen) atoms. The van der Waals surface area contributed by atoms with Gasteiger partial charge in [0.1, 0.15) is 24.2 Å². The maximum absolute atomic E-state index is 12.2. The van der Waals surface area contributed by atoms with Crippen LogP contribution in [0.1, 0.15) is 25.3 Å². The van der Waals surface area contributed by atoms with Crippen LogP contribution in [0, 0.1) is 10.1 Å². The van der Waals surface area contributed by atoms with Gasteiger partial charge in [0.05, 0.1) is 6.54 Å². The van der Waals surface area contributed by atoms with E-state index < -0.39 is 23.0 Å². The number of alkyl halides is 3. The molecule has 0 saturated carbocycles. The minimum atomic E-state index is -4.76. The van der Waals surface area contributed by atoms with Crippen LogP contribution in [0.15, 0.2) is 30.5 Å². The molecule has 0 aliphatic carbocycles. The van der Waals surface area contributed by atoms with Crippen LogP contribution >= 0.6 is 0 Å². The fourth-order valence-electron chi connectivity index (χ4n) is 4.22. The van der Waals surface area contributed by atoms with Crippen molar-refractivity contribution in [3.05, 3.63) is 46.1 Å². The summed E-state index contributed by atoms with van der Waals surface area (Å²) < 4.78 is 53.1. The predicted molar refractivity (Wildman–Crippen MR) is 114 cm³/mol. The van der Waals surface area contributed by atoms with Crippen molar-refractivity contribution >= 4 is 11.9 Å². The van der Waals surface area contributed by atoms with Gasteiger partial charge in [0.25, 0.3) is 0 Å². The second-order valence-corrected chi connectivity index (χ2v) is 8.78. The van der Waals surface area contributed by atoms with Crippen molar-refractivity contribution in [2.24, 2.45) is 0 Å². The highest BCUT2D eigenvalue weighted by molar-refractivity contribution is 5.67. The molecule has 1 unspecified atom stereocenters. The third-order valence-corrected chi connectivity index (χ3v) is 5.75. The van der Waals surface area contributed by atoms with E-state index >= 15 is 0 Å². The lowest BCUT2D eigenvalue weighted by molar-refractivity contribution is -0.389. The third-order valence-electron chi connectivity index (χ3n) is 5.75. The van der Waals surface area contributed by atoms with Crippen molar-refractivity contribution in [2.45, 2.75) is 50.9 Å². The number of carbonyl (C=O) groups excluding carboxylic acids is 1. The molecule has 0 spiro atoms. The van der Waals surface area contributed by atoms with E-state index in [1.165, 1.54) is 18.3 Å². The first-order valence-corrected chi connectivity index (χ1v) is 10.9. The van der Waals surface area contributed by atoms with Crippen LogP contribution in [0.5, 0.6) is 11.8 Å². The summed E-state index contributed by atoms with van der Waals surface area (Å²) in [4.78, 5) is 28.5. The maximum Gasteiger partial charge on any atom is 0.573 e. The van der Waals surface area contributed by atoms with Crippen molar-refractivity contribution in [1.82, 2.24) is 19.8 Å². The number of nitrogens with zero attached hydrogens (tertiary/aromatic N) is 4. The van der Waals surface area contributed by atoms with E-state index in [1.807, 2.05) is 6.92 Å². The SMILES string of the molecule is CC1(CN2CCC(NC(=O)OCc3ccc(OC(F)(F)F)cc3)CC2)Cn2cc([N+](=O)[O-])nc2O1. The van der Waals surface area contributed by atoms with Gasteiger partial charge >= 0.3 is 24.3 Å². The smallest absolute Gasteiger partial charge is 0.445 e. The van der Waals surface area contributed by atoms with Crippen molar-refractivity contribution in [3.8, 4) is 11.8 Å². The molecule has 4 rings (SSSR count). The fraction of sp³-hybridized carbons (Fsp3) is 0.524. The zero-order chi connectivity index (χ0) is 25.2. The minimum absolute atomic E-state index is 0.0725. The molecular weight excluding hydrogens is 475 g/mol. The van der Waals surface area contributed by atoms with E-state index in [-0.39, 0.29) is 30.2 Å². The Labute approximate surface area is 197 Å². The Morgan fingerprint density at radius 3 is 2.60 bits per heavy atom. The molecule has 1 saturated heterocycles. The highest BCUT2D eigenvalue weighted by atomic mass is 19.4. The number of nitrogens with one attached hydrogen (secondary N) is 1. The summed E-state index contributed by atoms with van der Waals surface area (Å²) >= 11 is 0. The highest BCUT2D eigenvalue weighted by Gasteiger charge is 2.42. The number of amides is 1. The number of piperidine rings is 1. The molecule has 2 aromatic rings. The van der Waals surface area contributed by atoms with Gasteiger partial charge in [-0.05, 0) is 42.4 Å². The first-order chi connectivity index (χ1) is 16.5. The van der Waals surface area contributed by atoms with Crippen LogP contribution in [0.4, 0.5) is 23.8 Å². The second-order valence-electron chi connectivity index (χ2n) is 8.78. The van der Waals surface area contributed by atoms with Gasteiger partial charge in [0.15, 0.2) is 0 Å². The number of rotatable bonds is 7. The predicted octanol–water partition coefficient (Wildman–Crippen LogP) is 3.23. The van der Waals surface area contributed by atoms with Gasteiger partial charge in [-0.25, -0.2) is 4.79 Å². The average Bonchev–Trinajstić information content (AvgIpc) is 3.29.